The quantitative estimate of drug-likeness (QED) is 0.732. The lowest BCUT2D eigenvalue weighted by Gasteiger charge is -2.30. The number of para-hydroxylation sites is 4. The van der Waals surface area contributed by atoms with Gasteiger partial charge in [0.25, 0.3) is 5.91 Å². The molecule has 0 bridgehead atoms. The first-order valence-corrected chi connectivity index (χ1v) is 8.40. The van der Waals surface area contributed by atoms with E-state index in [1.807, 2.05) is 78.9 Å². The van der Waals surface area contributed by atoms with Crippen LogP contribution in [-0.4, -0.2) is 18.6 Å². The minimum atomic E-state index is -0.722. The van der Waals surface area contributed by atoms with Crippen LogP contribution in [0.2, 0.25) is 0 Å². The van der Waals surface area contributed by atoms with E-state index in [1.54, 1.807) is 11.1 Å². The monoisotopic (exact) mass is 346 g/mol. The summed E-state index contributed by atoms with van der Waals surface area (Å²) < 4.78 is 11.4. The molecule has 3 aromatic carbocycles. The summed E-state index contributed by atoms with van der Waals surface area (Å²) in [6.07, 6.45) is -0.722. The second-order valence-corrected chi connectivity index (χ2v) is 5.85. The molecule has 1 amide bonds. The Bertz CT molecular complexity index is 845. The highest BCUT2D eigenvalue weighted by Gasteiger charge is 2.28. The number of hydrazine groups is 1. The third-order valence-electron chi connectivity index (χ3n) is 4.05. The zero-order valence-corrected chi connectivity index (χ0v) is 14.0. The Morgan fingerprint density at radius 2 is 1.35 bits per heavy atom. The Morgan fingerprint density at radius 1 is 0.808 bits per heavy atom. The first-order chi connectivity index (χ1) is 12.8. The van der Waals surface area contributed by atoms with E-state index in [9.17, 15) is 4.79 Å². The minimum absolute atomic E-state index is 0.167. The second-order valence-electron chi connectivity index (χ2n) is 5.85. The van der Waals surface area contributed by atoms with Crippen LogP contribution < -0.4 is 19.9 Å². The van der Waals surface area contributed by atoms with Crippen LogP contribution in [0.4, 0.5) is 11.4 Å². The lowest BCUT2D eigenvalue weighted by molar-refractivity contribution is -0.130. The third kappa shape index (κ3) is 3.32. The highest BCUT2D eigenvalue weighted by Crippen LogP contribution is 2.31. The van der Waals surface area contributed by atoms with Crippen molar-refractivity contribution >= 4 is 17.3 Å². The number of nitrogens with one attached hydrogen (secondary N) is 1. The molecule has 0 unspecified atom stereocenters. The maximum absolute atomic E-state index is 12.8. The Hall–Kier alpha value is -3.47. The van der Waals surface area contributed by atoms with E-state index in [1.165, 1.54) is 0 Å². The molecule has 0 saturated carbocycles. The maximum Gasteiger partial charge on any atom is 0.283 e. The fourth-order valence-corrected chi connectivity index (χ4v) is 2.76. The predicted octanol–water partition coefficient (Wildman–Crippen LogP) is 3.70. The van der Waals surface area contributed by atoms with Crippen LogP contribution >= 0.6 is 0 Å². The van der Waals surface area contributed by atoms with Gasteiger partial charge in [0.2, 0.25) is 6.10 Å². The summed E-state index contributed by atoms with van der Waals surface area (Å²) in [6.45, 7) is 0.167. The molecular formula is C21H18N2O3. The molecule has 1 aliphatic rings. The molecule has 130 valence electrons. The average Bonchev–Trinajstić information content (AvgIpc) is 2.72. The van der Waals surface area contributed by atoms with Crippen LogP contribution in [0.1, 0.15) is 0 Å². The fourth-order valence-electron chi connectivity index (χ4n) is 2.76. The van der Waals surface area contributed by atoms with Gasteiger partial charge in [-0.25, -0.2) is 0 Å². The molecule has 0 spiro atoms. The van der Waals surface area contributed by atoms with E-state index in [-0.39, 0.29) is 12.5 Å². The molecule has 1 atom stereocenters. The van der Waals surface area contributed by atoms with Gasteiger partial charge in [0.05, 0.1) is 11.4 Å². The van der Waals surface area contributed by atoms with Crippen molar-refractivity contribution < 1.29 is 14.3 Å². The van der Waals surface area contributed by atoms with Crippen LogP contribution in [0.5, 0.6) is 11.5 Å². The van der Waals surface area contributed by atoms with Crippen molar-refractivity contribution in [2.24, 2.45) is 0 Å². The van der Waals surface area contributed by atoms with Crippen molar-refractivity contribution in [3.63, 3.8) is 0 Å². The van der Waals surface area contributed by atoms with Gasteiger partial charge in [-0.2, -0.15) is 0 Å². The number of anilines is 2. The first kappa shape index (κ1) is 16.0. The minimum Gasteiger partial charge on any atom is -0.485 e. The van der Waals surface area contributed by atoms with Crippen LogP contribution in [0.15, 0.2) is 84.9 Å². The summed E-state index contributed by atoms with van der Waals surface area (Å²) in [4.78, 5) is 12.8. The Morgan fingerprint density at radius 3 is 1.96 bits per heavy atom. The SMILES string of the molecule is O=C(NN(c1ccccc1)c1ccccc1)[C@H]1COc2ccccc2O1. The van der Waals surface area contributed by atoms with Gasteiger partial charge in [0.15, 0.2) is 11.5 Å². The smallest absolute Gasteiger partial charge is 0.283 e. The molecule has 0 fully saturated rings. The molecule has 3 aromatic rings. The zero-order chi connectivity index (χ0) is 17.8. The van der Waals surface area contributed by atoms with Crippen LogP contribution in [0.3, 0.4) is 0 Å². The van der Waals surface area contributed by atoms with Crippen LogP contribution in [0.25, 0.3) is 0 Å². The molecule has 1 N–H and O–H groups in total. The highest BCUT2D eigenvalue weighted by atomic mass is 16.6. The van der Waals surface area contributed by atoms with Gasteiger partial charge < -0.3 is 9.47 Å². The molecule has 1 heterocycles. The average molecular weight is 346 g/mol. The molecule has 0 radical (unpaired) electrons. The lowest BCUT2D eigenvalue weighted by atomic mass is 10.2. The van der Waals surface area contributed by atoms with E-state index in [0.29, 0.717) is 11.5 Å². The van der Waals surface area contributed by atoms with E-state index >= 15 is 0 Å². The Balaban J connectivity index is 1.56. The largest absolute Gasteiger partial charge is 0.485 e. The van der Waals surface area contributed by atoms with Gasteiger partial charge in [0.1, 0.15) is 6.61 Å². The van der Waals surface area contributed by atoms with Gasteiger partial charge in [-0.05, 0) is 36.4 Å². The number of rotatable bonds is 4. The molecular weight excluding hydrogens is 328 g/mol. The Kier molecular flexibility index (Phi) is 4.43. The number of carbonyl (C=O) groups is 1. The normalized spacial score (nSPS) is 15.2. The first-order valence-electron chi connectivity index (χ1n) is 8.40. The van der Waals surface area contributed by atoms with Crippen molar-refractivity contribution in [1.82, 2.24) is 5.43 Å². The predicted molar refractivity (Wildman–Crippen MR) is 99.5 cm³/mol. The number of fused-ring (bicyclic) bond motifs is 1. The van der Waals surface area contributed by atoms with Gasteiger partial charge >= 0.3 is 0 Å². The topological polar surface area (TPSA) is 50.8 Å². The number of nitrogens with zero attached hydrogens (tertiary/aromatic N) is 1. The molecule has 5 nitrogen and oxygen atoms in total. The molecule has 5 heteroatoms. The van der Waals surface area contributed by atoms with E-state index < -0.39 is 6.10 Å². The summed E-state index contributed by atoms with van der Waals surface area (Å²) in [6, 6.07) is 26.6. The van der Waals surface area contributed by atoms with Crippen molar-refractivity contribution in [2.45, 2.75) is 6.10 Å². The number of hydrogen-bond acceptors (Lipinski definition) is 4. The maximum atomic E-state index is 12.8. The van der Waals surface area contributed by atoms with Crippen LogP contribution in [-0.2, 0) is 4.79 Å². The number of carbonyl (C=O) groups excluding carboxylic acids is 1. The summed E-state index contributed by atoms with van der Waals surface area (Å²) >= 11 is 0. The summed E-state index contributed by atoms with van der Waals surface area (Å²) in [7, 11) is 0. The molecule has 1 aliphatic heterocycles. The van der Waals surface area contributed by atoms with E-state index in [2.05, 4.69) is 5.43 Å². The summed E-state index contributed by atoms with van der Waals surface area (Å²) in [5, 5.41) is 1.74. The standard InChI is InChI=1S/C21H18N2O3/c24-21(20-15-25-18-13-7-8-14-19(18)26-20)22-23(16-9-3-1-4-10-16)17-11-5-2-6-12-17/h1-14,20H,15H2,(H,22,24)/t20-/m1/s1. The van der Waals surface area contributed by atoms with Gasteiger partial charge in [-0.15, -0.1) is 0 Å². The number of benzene rings is 3. The van der Waals surface area contributed by atoms with Crippen molar-refractivity contribution in [2.75, 3.05) is 11.6 Å². The number of hydrogen-bond donors (Lipinski definition) is 1. The van der Waals surface area contributed by atoms with E-state index in [0.717, 1.165) is 11.4 Å². The van der Waals surface area contributed by atoms with Gasteiger partial charge in [-0.3, -0.25) is 15.2 Å². The summed E-state index contributed by atoms with van der Waals surface area (Å²) in [5.74, 6) is 0.955. The van der Waals surface area contributed by atoms with Gasteiger partial charge in [-0.1, -0.05) is 48.5 Å². The molecule has 0 aliphatic carbocycles. The molecule has 0 aromatic heterocycles. The van der Waals surface area contributed by atoms with Crippen molar-refractivity contribution in [3.8, 4) is 11.5 Å². The molecule has 0 saturated heterocycles. The number of ether oxygens (including phenoxy) is 2. The molecule has 4 rings (SSSR count). The van der Waals surface area contributed by atoms with Crippen LogP contribution in [0, 0.1) is 0 Å². The fraction of sp³-hybridized carbons (Fsp3) is 0.0952. The van der Waals surface area contributed by atoms with Crippen molar-refractivity contribution in [1.29, 1.82) is 0 Å². The molecule has 26 heavy (non-hydrogen) atoms. The second kappa shape index (κ2) is 7.19. The lowest BCUT2D eigenvalue weighted by Crippen LogP contribution is -2.49. The van der Waals surface area contributed by atoms with Gasteiger partial charge in [0, 0.05) is 0 Å². The third-order valence-corrected chi connectivity index (χ3v) is 4.05. The highest BCUT2D eigenvalue weighted by molar-refractivity contribution is 5.85. The van der Waals surface area contributed by atoms with E-state index in [4.69, 9.17) is 9.47 Å². The van der Waals surface area contributed by atoms with Crippen molar-refractivity contribution in [3.05, 3.63) is 84.9 Å². The summed E-state index contributed by atoms with van der Waals surface area (Å²) in [5.41, 5.74) is 4.64. The zero-order valence-electron chi connectivity index (χ0n) is 14.0. The number of amides is 1. The Labute approximate surface area is 151 Å².